The van der Waals surface area contributed by atoms with Crippen molar-refractivity contribution in [2.75, 3.05) is 0 Å². The summed E-state index contributed by atoms with van der Waals surface area (Å²) in [5.74, 6) is -3.49. The quantitative estimate of drug-likeness (QED) is 0.0562. The molecule has 0 aromatic carbocycles. The van der Waals surface area contributed by atoms with Crippen LogP contribution in [0.4, 0.5) is 0 Å². The molecule has 7 heteroatoms. The van der Waals surface area contributed by atoms with Crippen LogP contribution in [0.1, 0.15) is 175 Å². The number of carboxylic acids is 3. The lowest BCUT2D eigenvalue weighted by Gasteiger charge is -2.46. The normalized spacial score (nSPS) is 15.3. The van der Waals surface area contributed by atoms with E-state index in [9.17, 15) is 29.7 Å². The lowest BCUT2D eigenvalue weighted by atomic mass is 9.95. The van der Waals surface area contributed by atoms with Crippen molar-refractivity contribution in [1.29, 1.82) is 0 Å². The number of carboxylic acid groups (broad SMARTS) is 3. The predicted molar refractivity (Wildman–Crippen MR) is 173 cm³/mol. The van der Waals surface area contributed by atoms with E-state index in [2.05, 4.69) is 6.92 Å². The summed E-state index contributed by atoms with van der Waals surface area (Å²) in [6.07, 6.45) is 29.5. The van der Waals surface area contributed by atoms with Crippen LogP contribution in [-0.4, -0.2) is 55.8 Å². The Hall–Kier alpha value is -1.89. The molecule has 3 N–H and O–H groups in total. The maximum absolute atomic E-state index is 12.2. The predicted octanol–water partition coefficient (Wildman–Crippen LogP) is 9.73. The summed E-state index contributed by atoms with van der Waals surface area (Å²) >= 11 is 0. The van der Waals surface area contributed by atoms with Crippen molar-refractivity contribution in [1.82, 2.24) is 0 Å². The maximum atomic E-state index is 12.2. The van der Waals surface area contributed by atoms with Crippen molar-refractivity contribution in [2.24, 2.45) is 0 Å². The van der Waals surface area contributed by atoms with Crippen LogP contribution in [0.2, 0.25) is 0 Å². The molecule has 0 aliphatic carbocycles. The molecule has 7 nitrogen and oxygen atoms in total. The van der Waals surface area contributed by atoms with Crippen LogP contribution >= 0.6 is 0 Å². The number of hydrogen-bond donors (Lipinski definition) is 3. The third-order valence-electron chi connectivity index (χ3n) is 8.97. The van der Waals surface area contributed by atoms with Crippen LogP contribution in [0, 0.1) is 0 Å². The average Bonchev–Trinajstić information content (AvgIpc) is 2.94. The highest BCUT2D eigenvalue weighted by atomic mass is 16.4. The minimum Gasteiger partial charge on any atom is -0.477 e. The number of hydrogen-bond acceptors (Lipinski definition) is 3. The highest BCUT2D eigenvalue weighted by molar-refractivity contribution is 5.78. The Bertz CT molecular complexity index is 682. The number of aliphatic carboxylic acids is 3. The topological polar surface area (TPSA) is 112 Å². The van der Waals surface area contributed by atoms with Crippen molar-refractivity contribution in [3.63, 3.8) is 0 Å². The van der Waals surface area contributed by atoms with Crippen LogP contribution < -0.4 is 0 Å². The fourth-order valence-corrected chi connectivity index (χ4v) is 6.61. The fraction of sp³-hybridized carbons (Fsp3) is 0.857. The second-order valence-corrected chi connectivity index (χ2v) is 12.2. The molecule has 42 heavy (non-hydrogen) atoms. The zero-order chi connectivity index (χ0) is 31.6. The number of allylic oxidation sites excluding steroid dienone is 1. The molecule has 3 atom stereocenters. The summed E-state index contributed by atoms with van der Waals surface area (Å²) in [5, 5.41) is 30.0. The van der Waals surface area contributed by atoms with Gasteiger partial charge in [0.1, 0.15) is 0 Å². The third kappa shape index (κ3) is 15.5. The fourth-order valence-electron chi connectivity index (χ4n) is 6.61. The molecule has 0 heterocycles. The van der Waals surface area contributed by atoms with Gasteiger partial charge in [-0.25, -0.2) is 14.4 Å². The van der Waals surface area contributed by atoms with E-state index in [0.29, 0.717) is 6.42 Å². The van der Waals surface area contributed by atoms with E-state index in [-0.39, 0.29) is 19.3 Å². The molecular formula is C35H66NO6+. The van der Waals surface area contributed by atoms with Crippen LogP contribution in [0.15, 0.2) is 12.3 Å². The number of nitrogens with zero attached hydrogens (tertiary/aromatic N) is 1. The Morgan fingerprint density at radius 3 is 0.976 bits per heavy atom. The second-order valence-electron chi connectivity index (χ2n) is 12.2. The van der Waals surface area contributed by atoms with E-state index in [1.807, 2.05) is 6.08 Å². The standard InChI is InChI=1S/C35H65NO6/c1-5-9-10-11-12-13-14-15-16-17-18-19-20-21-22-23-24-25-26-27-28-29-36(30(6-2)33(37)38,31(7-3)34(39)40)32(8-4)35(41)42/h28-32H,5-27H2,1-4H3,(H2-,37,38,39,40,41,42)/p+1/b29-28+. The van der Waals surface area contributed by atoms with E-state index in [1.165, 1.54) is 103 Å². The Balaban J connectivity index is 4.43. The summed E-state index contributed by atoms with van der Waals surface area (Å²) in [5.41, 5.74) is 0. The Labute approximate surface area is 257 Å². The largest absolute Gasteiger partial charge is 0.477 e. The van der Waals surface area contributed by atoms with Crippen LogP contribution in [0.5, 0.6) is 0 Å². The van der Waals surface area contributed by atoms with Gasteiger partial charge in [-0.05, 0) is 18.9 Å². The van der Waals surface area contributed by atoms with Crippen molar-refractivity contribution < 1.29 is 34.2 Å². The van der Waals surface area contributed by atoms with Gasteiger partial charge in [0, 0.05) is 19.3 Å². The van der Waals surface area contributed by atoms with Gasteiger partial charge >= 0.3 is 17.9 Å². The van der Waals surface area contributed by atoms with Crippen molar-refractivity contribution in [3.05, 3.63) is 12.3 Å². The SMILES string of the molecule is CCCCCCCCCCCCCCCCCCCCC/C=C/[N+](C(CC)C(=O)O)(C(CC)C(=O)O)C(CC)C(=O)O. The highest BCUT2D eigenvalue weighted by Gasteiger charge is 2.55. The summed E-state index contributed by atoms with van der Waals surface area (Å²) in [6.45, 7) is 7.31. The highest BCUT2D eigenvalue weighted by Crippen LogP contribution is 2.32. The molecule has 0 saturated heterocycles. The number of quaternary nitrogens is 1. The minimum absolute atomic E-state index is 0.145. The van der Waals surface area contributed by atoms with Gasteiger partial charge in [-0.15, -0.1) is 0 Å². The zero-order valence-corrected chi connectivity index (χ0v) is 27.7. The Kier molecular flexibility index (Phi) is 24.4. The van der Waals surface area contributed by atoms with Crippen molar-refractivity contribution in [3.8, 4) is 0 Å². The van der Waals surface area contributed by atoms with Gasteiger partial charge < -0.3 is 15.3 Å². The molecule has 0 fully saturated rings. The first-order valence-electron chi connectivity index (χ1n) is 17.5. The molecule has 3 unspecified atom stereocenters. The van der Waals surface area contributed by atoms with Crippen LogP contribution in [-0.2, 0) is 14.4 Å². The lowest BCUT2D eigenvalue weighted by molar-refractivity contribution is -0.927. The first-order valence-corrected chi connectivity index (χ1v) is 17.5. The van der Waals surface area contributed by atoms with Crippen LogP contribution in [0.3, 0.4) is 0 Å². The third-order valence-corrected chi connectivity index (χ3v) is 8.97. The van der Waals surface area contributed by atoms with E-state index >= 15 is 0 Å². The average molecular weight is 597 g/mol. The number of carbonyl (C=O) groups is 3. The van der Waals surface area contributed by atoms with E-state index < -0.39 is 40.5 Å². The van der Waals surface area contributed by atoms with Crippen LogP contribution in [0.25, 0.3) is 0 Å². The molecule has 0 aliphatic rings. The molecule has 0 aliphatic heterocycles. The number of rotatable bonds is 30. The summed E-state index contributed by atoms with van der Waals surface area (Å²) < 4.78 is -0.581. The molecular weight excluding hydrogens is 530 g/mol. The smallest absolute Gasteiger partial charge is 0.362 e. The Morgan fingerprint density at radius 2 is 0.738 bits per heavy atom. The van der Waals surface area contributed by atoms with Gasteiger partial charge in [-0.3, -0.25) is 4.48 Å². The van der Waals surface area contributed by atoms with Gasteiger partial charge in [-0.2, -0.15) is 0 Å². The Morgan fingerprint density at radius 1 is 0.476 bits per heavy atom. The maximum Gasteiger partial charge on any atom is 0.362 e. The molecule has 246 valence electrons. The molecule has 0 spiro atoms. The van der Waals surface area contributed by atoms with E-state index in [4.69, 9.17) is 0 Å². The van der Waals surface area contributed by atoms with E-state index in [0.717, 1.165) is 19.3 Å². The summed E-state index contributed by atoms with van der Waals surface area (Å²) in [7, 11) is 0. The minimum atomic E-state index is -1.16. The first kappa shape index (κ1) is 40.1. The van der Waals surface area contributed by atoms with Gasteiger partial charge in [0.15, 0.2) is 18.1 Å². The molecule has 0 saturated carbocycles. The van der Waals surface area contributed by atoms with E-state index in [1.54, 1.807) is 27.0 Å². The molecule has 0 radical (unpaired) electrons. The lowest BCUT2D eigenvalue weighted by Crippen LogP contribution is -2.69. The van der Waals surface area contributed by atoms with Crippen molar-refractivity contribution in [2.45, 2.75) is 193 Å². The summed E-state index contributed by atoms with van der Waals surface area (Å²) in [4.78, 5) is 36.7. The molecule has 0 aromatic heterocycles. The second kappa shape index (κ2) is 25.6. The molecule has 0 amide bonds. The van der Waals surface area contributed by atoms with Gasteiger partial charge in [0.05, 0.1) is 6.20 Å². The van der Waals surface area contributed by atoms with Gasteiger partial charge in [-0.1, -0.05) is 143 Å². The monoisotopic (exact) mass is 596 g/mol. The molecule has 0 aromatic rings. The summed E-state index contributed by atoms with van der Waals surface area (Å²) in [6, 6.07) is -3.43. The molecule has 0 rings (SSSR count). The van der Waals surface area contributed by atoms with Gasteiger partial charge in [0.2, 0.25) is 0 Å². The first-order chi connectivity index (χ1) is 20.2. The van der Waals surface area contributed by atoms with Crippen molar-refractivity contribution >= 4 is 17.9 Å². The zero-order valence-electron chi connectivity index (χ0n) is 27.7. The van der Waals surface area contributed by atoms with Gasteiger partial charge in [0.25, 0.3) is 0 Å². The number of unbranched alkanes of at least 4 members (excludes halogenated alkanes) is 19. The molecule has 0 bridgehead atoms.